The molecule has 0 unspecified atom stereocenters. The molecular formula is C17H23N3O2S. The number of nitrogens with one attached hydrogen (secondary N) is 1. The second-order valence-electron chi connectivity index (χ2n) is 6.34. The van der Waals surface area contributed by atoms with E-state index in [0.717, 1.165) is 29.1 Å². The number of aliphatic hydroxyl groups excluding tert-OH is 1. The van der Waals surface area contributed by atoms with E-state index >= 15 is 0 Å². The number of aromatic nitrogens is 2. The minimum atomic E-state index is -0.0851. The minimum Gasteiger partial charge on any atom is -0.396 e. The molecule has 0 atom stereocenters. The maximum absolute atomic E-state index is 11.9. The maximum Gasteiger partial charge on any atom is 0.226 e. The van der Waals surface area contributed by atoms with Crippen molar-refractivity contribution < 1.29 is 9.90 Å². The molecule has 0 aliphatic rings. The van der Waals surface area contributed by atoms with E-state index in [1.807, 2.05) is 31.4 Å². The Morgan fingerprint density at radius 1 is 1.43 bits per heavy atom. The fraction of sp³-hybridized carbons (Fsp3) is 0.471. The van der Waals surface area contributed by atoms with Gasteiger partial charge in [0.1, 0.15) is 5.01 Å². The van der Waals surface area contributed by atoms with Gasteiger partial charge in [0.2, 0.25) is 5.91 Å². The van der Waals surface area contributed by atoms with E-state index in [-0.39, 0.29) is 17.9 Å². The van der Waals surface area contributed by atoms with Crippen molar-refractivity contribution in [2.24, 2.45) is 5.41 Å². The summed E-state index contributed by atoms with van der Waals surface area (Å²) in [6.07, 6.45) is 5.53. The number of aliphatic hydroxyl groups is 1. The van der Waals surface area contributed by atoms with Gasteiger partial charge in [0.05, 0.1) is 12.1 Å². The van der Waals surface area contributed by atoms with Gasteiger partial charge in [0.15, 0.2) is 0 Å². The molecule has 2 N–H and O–H groups in total. The number of hydrogen-bond acceptors (Lipinski definition) is 5. The summed E-state index contributed by atoms with van der Waals surface area (Å²) in [6, 6.07) is 3.83. The van der Waals surface area contributed by atoms with Gasteiger partial charge in [-0.15, -0.1) is 11.3 Å². The normalized spacial score (nSPS) is 11.4. The van der Waals surface area contributed by atoms with Crippen LogP contribution in [0.1, 0.15) is 32.4 Å². The highest BCUT2D eigenvalue weighted by molar-refractivity contribution is 7.13. The van der Waals surface area contributed by atoms with Gasteiger partial charge in [0.25, 0.3) is 0 Å². The number of carbonyl (C=O) groups excluding carboxylic acids is 1. The number of nitrogens with zero attached hydrogens (tertiary/aromatic N) is 2. The van der Waals surface area contributed by atoms with Crippen molar-refractivity contribution in [2.75, 3.05) is 13.2 Å². The fourth-order valence-electron chi connectivity index (χ4n) is 2.11. The van der Waals surface area contributed by atoms with Crippen LogP contribution < -0.4 is 5.32 Å². The first-order chi connectivity index (χ1) is 11.0. The maximum atomic E-state index is 11.9. The average molecular weight is 333 g/mol. The molecule has 2 heterocycles. The third-order valence-electron chi connectivity index (χ3n) is 3.58. The van der Waals surface area contributed by atoms with Gasteiger partial charge in [-0.1, -0.05) is 13.8 Å². The predicted octanol–water partition coefficient (Wildman–Crippen LogP) is 2.66. The topological polar surface area (TPSA) is 75.1 Å². The molecule has 2 rings (SSSR count). The number of hydrogen-bond donors (Lipinski definition) is 2. The summed E-state index contributed by atoms with van der Waals surface area (Å²) in [5.41, 5.74) is 1.66. The lowest BCUT2D eigenvalue weighted by atomic mass is 9.89. The van der Waals surface area contributed by atoms with Gasteiger partial charge in [-0.25, -0.2) is 4.98 Å². The van der Waals surface area contributed by atoms with Crippen LogP contribution in [0.15, 0.2) is 29.9 Å². The first-order valence-corrected chi connectivity index (χ1v) is 8.60. The van der Waals surface area contributed by atoms with Crippen LogP contribution in [-0.4, -0.2) is 34.1 Å². The lowest BCUT2D eigenvalue weighted by Crippen LogP contribution is -2.27. The second-order valence-corrected chi connectivity index (χ2v) is 7.20. The predicted molar refractivity (Wildman–Crippen MR) is 92.2 cm³/mol. The zero-order valence-corrected chi connectivity index (χ0v) is 14.4. The molecule has 2 aromatic heterocycles. The SMILES string of the molecule is CC(C)(CO)CCCNC(=O)Cc1csc(-c2cccnc2)n1. The van der Waals surface area contributed by atoms with Gasteiger partial charge in [-0.05, 0) is 30.4 Å². The van der Waals surface area contributed by atoms with E-state index in [1.165, 1.54) is 11.3 Å². The molecular weight excluding hydrogens is 310 g/mol. The summed E-state index contributed by atoms with van der Waals surface area (Å²) >= 11 is 1.52. The van der Waals surface area contributed by atoms with Crippen molar-refractivity contribution in [3.05, 3.63) is 35.6 Å². The van der Waals surface area contributed by atoms with Crippen molar-refractivity contribution >= 4 is 17.2 Å². The van der Waals surface area contributed by atoms with E-state index in [4.69, 9.17) is 0 Å². The third kappa shape index (κ3) is 5.73. The Hall–Kier alpha value is -1.79. The smallest absolute Gasteiger partial charge is 0.226 e. The molecule has 23 heavy (non-hydrogen) atoms. The highest BCUT2D eigenvalue weighted by Crippen LogP contribution is 2.23. The number of amides is 1. The second kappa shape index (κ2) is 8.17. The Bertz CT molecular complexity index is 626. The largest absolute Gasteiger partial charge is 0.396 e. The van der Waals surface area contributed by atoms with Crippen molar-refractivity contribution in [1.82, 2.24) is 15.3 Å². The van der Waals surface area contributed by atoms with Crippen LogP contribution in [0.3, 0.4) is 0 Å². The molecule has 0 saturated carbocycles. The Labute approximate surface area is 140 Å². The van der Waals surface area contributed by atoms with Crippen LogP contribution >= 0.6 is 11.3 Å². The number of thiazole rings is 1. The molecule has 6 heteroatoms. The van der Waals surface area contributed by atoms with Crippen LogP contribution in [-0.2, 0) is 11.2 Å². The Morgan fingerprint density at radius 2 is 2.26 bits per heavy atom. The Balaban J connectivity index is 1.77. The highest BCUT2D eigenvalue weighted by Gasteiger charge is 2.15. The fourth-order valence-corrected chi connectivity index (χ4v) is 2.92. The lowest BCUT2D eigenvalue weighted by Gasteiger charge is -2.21. The number of rotatable bonds is 8. The Morgan fingerprint density at radius 3 is 2.96 bits per heavy atom. The average Bonchev–Trinajstić information content (AvgIpc) is 3.01. The van der Waals surface area contributed by atoms with Crippen molar-refractivity contribution in [3.8, 4) is 10.6 Å². The third-order valence-corrected chi connectivity index (χ3v) is 4.52. The molecule has 0 saturated heterocycles. The molecule has 0 aliphatic carbocycles. The minimum absolute atomic E-state index is 0.0187. The zero-order valence-electron chi connectivity index (χ0n) is 13.6. The first-order valence-electron chi connectivity index (χ1n) is 7.72. The first kappa shape index (κ1) is 17.6. The van der Waals surface area contributed by atoms with Gasteiger partial charge in [-0.3, -0.25) is 9.78 Å². The van der Waals surface area contributed by atoms with Crippen molar-refractivity contribution in [3.63, 3.8) is 0 Å². The van der Waals surface area contributed by atoms with E-state index < -0.39 is 0 Å². The van der Waals surface area contributed by atoms with Crippen LogP contribution in [0.25, 0.3) is 10.6 Å². The van der Waals surface area contributed by atoms with Gasteiger partial charge in [-0.2, -0.15) is 0 Å². The Kier molecular flexibility index (Phi) is 6.24. The van der Waals surface area contributed by atoms with Gasteiger partial charge in [0, 0.05) is 36.5 Å². The molecule has 0 radical (unpaired) electrons. The molecule has 0 aromatic carbocycles. The molecule has 1 amide bonds. The molecule has 0 spiro atoms. The number of pyridine rings is 1. The molecule has 124 valence electrons. The summed E-state index contributed by atoms with van der Waals surface area (Å²) in [6.45, 7) is 4.83. The van der Waals surface area contributed by atoms with E-state index in [2.05, 4.69) is 15.3 Å². The van der Waals surface area contributed by atoms with Gasteiger partial charge >= 0.3 is 0 Å². The monoisotopic (exact) mass is 333 g/mol. The van der Waals surface area contributed by atoms with E-state index in [1.54, 1.807) is 12.4 Å². The van der Waals surface area contributed by atoms with E-state index in [9.17, 15) is 9.90 Å². The highest BCUT2D eigenvalue weighted by atomic mass is 32.1. The van der Waals surface area contributed by atoms with Crippen LogP contribution in [0, 0.1) is 5.41 Å². The van der Waals surface area contributed by atoms with E-state index in [0.29, 0.717) is 13.0 Å². The zero-order chi connectivity index (χ0) is 16.7. The van der Waals surface area contributed by atoms with Gasteiger partial charge < -0.3 is 10.4 Å². The molecule has 2 aromatic rings. The van der Waals surface area contributed by atoms with Crippen LogP contribution in [0.4, 0.5) is 0 Å². The summed E-state index contributed by atoms with van der Waals surface area (Å²) in [5, 5.41) is 14.9. The summed E-state index contributed by atoms with van der Waals surface area (Å²) in [5.74, 6) is -0.0187. The summed E-state index contributed by atoms with van der Waals surface area (Å²) in [7, 11) is 0. The quantitative estimate of drug-likeness (QED) is 0.728. The van der Waals surface area contributed by atoms with Crippen molar-refractivity contribution in [1.29, 1.82) is 0 Å². The molecule has 0 bridgehead atoms. The van der Waals surface area contributed by atoms with Crippen LogP contribution in [0.5, 0.6) is 0 Å². The summed E-state index contributed by atoms with van der Waals surface area (Å²) < 4.78 is 0. The lowest BCUT2D eigenvalue weighted by molar-refractivity contribution is -0.120. The molecule has 5 nitrogen and oxygen atoms in total. The molecule has 0 fully saturated rings. The summed E-state index contributed by atoms with van der Waals surface area (Å²) in [4.78, 5) is 20.5. The molecule has 0 aliphatic heterocycles. The standard InChI is InChI=1S/C17H23N3O2S/c1-17(2,12-21)6-4-8-19-15(22)9-14-11-23-16(20-14)13-5-3-7-18-10-13/h3,5,7,10-11,21H,4,6,8-9,12H2,1-2H3,(H,19,22). The number of carbonyl (C=O) groups is 1. The van der Waals surface area contributed by atoms with Crippen LogP contribution in [0.2, 0.25) is 0 Å². The van der Waals surface area contributed by atoms with Crippen molar-refractivity contribution in [2.45, 2.75) is 33.1 Å².